The highest BCUT2D eigenvalue weighted by Gasteiger charge is 2.44. The second-order valence-corrected chi connectivity index (χ2v) is 4.66. The van der Waals surface area contributed by atoms with E-state index in [1.807, 2.05) is 0 Å². The van der Waals surface area contributed by atoms with Crippen molar-refractivity contribution in [3.8, 4) is 0 Å². The van der Waals surface area contributed by atoms with Gasteiger partial charge >= 0.3 is 5.97 Å². The van der Waals surface area contributed by atoms with Crippen LogP contribution in [0.5, 0.6) is 0 Å². The molecule has 0 aromatic heterocycles. The van der Waals surface area contributed by atoms with Gasteiger partial charge in [0.15, 0.2) is 0 Å². The highest BCUT2D eigenvalue weighted by atomic mass is 16.5. The molecule has 1 saturated heterocycles. The summed E-state index contributed by atoms with van der Waals surface area (Å²) in [6.45, 7) is 5.46. The number of hydrogen-bond donors (Lipinski definition) is 2. The third-order valence-electron chi connectivity index (χ3n) is 2.77. The second kappa shape index (κ2) is 4.28. The number of ether oxygens (including phenoxy) is 1. The Morgan fingerprint density at radius 1 is 1.57 bits per heavy atom. The number of carboxylic acid groups (broad SMARTS) is 1. The Bertz CT molecular complexity index is 211. The summed E-state index contributed by atoms with van der Waals surface area (Å²) in [5, 5.41) is 8.68. The van der Waals surface area contributed by atoms with E-state index in [0.29, 0.717) is 19.1 Å². The molecule has 0 spiro atoms. The summed E-state index contributed by atoms with van der Waals surface area (Å²) in [6.07, 6.45) is 0.984. The molecule has 0 radical (unpaired) electrons. The number of aliphatic carboxylic acids is 1. The number of rotatable bonds is 5. The van der Waals surface area contributed by atoms with Crippen LogP contribution in [0.3, 0.4) is 0 Å². The maximum Gasteiger partial charge on any atom is 0.304 e. The number of carbonyl (C=O) groups is 1. The number of carboxylic acids is 1. The molecule has 1 aliphatic heterocycles. The lowest BCUT2D eigenvalue weighted by atomic mass is 9.71. The summed E-state index contributed by atoms with van der Waals surface area (Å²) in [6, 6.07) is -0.281. The van der Waals surface area contributed by atoms with E-state index in [-0.39, 0.29) is 17.9 Å². The van der Waals surface area contributed by atoms with Crippen molar-refractivity contribution >= 4 is 5.97 Å². The molecular formula is C10H19NO3. The zero-order valence-electron chi connectivity index (χ0n) is 8.82. The Morgan fingerprint density at radius 2 is 2.14 bits per heavy atom. The van der Waals surface area contributed by atoms with E-state index < -0.39 is 5.97 Å². The van der Waals surface area contributed by atoms with Gasteiger partial charge in [0.2, 0.25) is 0 Å². The minimum Gasteiger partial charge on any atom is -0.481 e. The predicted molar refractivity (Wildman–Crippen MR) is 52.9 cm³/mol. The summed E-state index contributed by atoms with van der Waals surface area (Å²) in [5.41, 5.74) is 5.81. The van der Waals surface area contributed by atoms with Crippen LogP contribution < -0.4 is 5.73 Å². The molecule has 4 nitrogen and oxygen atoms in total. The third-order valence-corrected chi connectivity index (χ3v) is 2.77. The van der Waals surface area contributed by atoms with Crippen LogP contribution in [0.1, 0.15) is 26.7 Å². The lowest BCUT2D eigenvalue weighted by molar-refractivity contribution is -0.151. The van der Waals surface area contributed by atoms with Crippen molar-refractivity contribution in [1.82, 2.24) is 0 Å². The molecule has 14 heavy (non-hydrogen) atoms. The van der Waals surface area contributed by atoms with Crippen molar-refractivity contribution in [3.05, 3.63) is 0 Å². The van der Waals surface area contributed by atoms with E-state index in [2.05, 4.69) is 13.8 Å². The lowest BCUT2D eigenvalue weighted by Crippen LogP contribution is -2.56. The minimum absolute atomic E-state index is 0.0378. The van der Waals surface area contributed by atoms with Crippen LogP contribution in [0.25, 0.3) is 0 Å². The van der Waals surface area contributed by atoms with Gasteiger partial charge in [0.05, 0.1) is 19.6 Å². The van der Waals surface area contributed by atoms with Crippen molar-refractivity contribution < 1.29 is 14.6 Å². The molecule has 0 aromatic carbocycles. The Kier molecular flexibility index (Phi) is 3.50. The summed E-state index contributed by atoms with van der Waals surface area (Å²) in [5.74, 6) is -0.300. The van der Waals surface area contributed by atoms with Gasteiger partial charge in [-0.15, -0.1) is 0 Å². The van der Waals surface area contributed by atoms with Gasteiger partial charge in [-0.3, -0.25) is 4.79 Å². The molecule has 1 rings (SSSR count). The smallest absolute Gasteiger partial charge is 0.304 e. The molecule has 0 saturated carbocycles. The highest BCUT2D eigenvalue weighted by Crippen LogP contribution is 2.38. The van der Waals surface area contributed by atoms with Crippen LogP contribution in [0.15, 0.2) is 0 Å². The maximum atomic E-state index is 10.6. The quantitative estimate of drug-likeness (QED) is 0.691. The second-order valence-electron chi connectivity index (χ2n) is 4.66. The van der Waals surface area contributed by atoms with Crippen molar-refractivity contribution in [2.75, 3.05) is 13.2 Å². The molecule has 1 atom stereocenters. The SMILES string of the molecule is CC(C)CC1(C(N)CC(=O)O)COC1. The monoisotopic (exact) mass is 201 g/mol. The van der Waals surface area contributed by atoms with Crippen LogP contribution in [-0.2, 0) is 9.53 Å². The molecule has 0 amide bonds. The first-order valence-corrected chi connectivity index (χ1v) is 5.01. The van der Waals surface area contributed by atoms with Crippen molar-refractivity contribution in [2.24, 2.45) is 17.1 Å². The van der Waals surface area contributed by atoms with Gasteiger partial charge in [0.25, 0.3) is 0 Å². The van der Waals surface area contributed by atoms with Gasteiger partial charge in [-0.2, -0.15) is 0 Å². The molecule has 0 aliphatic carbocycles. The molecule has 82 valence electrons. The molecule has 0 bridgehead atoms. The van der Waals surface area contributed by atoms with Gasteiger partial charge in [0.1, 0.15) is 0 Å². The zero-order valence-corrected chi connectivity index (χ0v) is 8.82. The van der Waals surface area contributed by atoms with E-state index >= 15 is 0 Å². The Morgan fingerprint density at radius 3 is 2.43 bits per heavy atom. The Hall–Kier alpha value is -0.610. The van der Waals surface area contributed by atoms with Crippen LogP contribution in [-0.4, -0.2) is 30.3 Å². The van der Waals surface area contributed by atoms with Crippen molar-refractivity contribution in [3.63, 3.8) is 0 Å². The van der Waals surface area contributed by atoms with E-state index in [0.717, 1.165) is 6.42 Å². The molecule has 1 heterocycles. The summed E-state index contributed by atoms with van der Waals surface area (Å²) >= 11 is 0. The molecule has 1 unspecified atom stereocenters. The predicted octanol–water partition coefficient (Wildman–Crippen LogP) is 0.851. The Labute approximate surface area is 84.4 Å². The Balaban J connectivity index is 2.55. The average molecular weight is 201 g/mol. The standard InChI is InChI=1S/C10H19NO3/c1-7(2)4-10(5-14-6-10)8(11)3-9(12)13/h7-8H,3-6,11H2,1-2H3,(H,12,13). The first-order valence-electron chi connectivity index (χ1n) is 5.01. The molecule has 1 aliphatic rings. The van der Waals surface area contributed by atoms with Crippen LogP contribution in [0.4, 0.5) is 0 Å². The van der Waals surface area contributed by atoms with Gasteiger partial charge in [-0.25, -0.2) is 0 Å². The highest BCUT2D eigenvalue weighted by molar-refractivity contribution is 5.67. The van der Waals surface area contributed by atoms with E-state index in [1.54, 1.807) is 0 Å². The van der Waals surface area contributed by atoms with Gasteiger partial charge in [-0.1, -0.05) is 13.8 Å². The van der Waals surface area contributed by atoms with Crippen LogP contribution >= 0.6 is 0 Å². The first kappa shape index (κ1) is 11.5. The molecule has 1 fully saturated rings. The van der Waals surface area contributed by atoms with Crippen molar-refractivity contribution in [2.45, 2.75) is 32.7 Å². The van der Waals surface area contributed by atoms with E-state index in [4.69, 9.17) is 15.6 Å². The van der Waals surface area contributed by atoms with Gasteiger partial charge in [0, 0.05) is 11.5 Å². The fraction of sp³-hybridized carbons (Fsp3) is 0.900. The largest absolute Gasteiger partial charge is 0.481 e. The van der Waals surface area contributed by atoms with Gasteiger partial charge in [-0.05, 0) is 12.3 Å². The maximum absolute atomic E-state index is 10.6. The lowest BCUT2D eigenvalue weighted by Gasteiger charge is -2.46. The first-order chi connectivity index (χ1) is 6.46. The zero-order chi connectivity index (χ0) is 10.8. The minimum atomic E-state index is -0.826. The van der Waals surface area contributed by atoms with E-state index in [9.17, 15) is 4.79 Å². The number of nitrogens with two attached hydrogens (primary N) is 1. The molecule has 0 aromatic rings. The van der Waals surface area contributed by atoms with E-state index in [1.165, 1.54) is 0 Å². The summed E-state index contributed by atoms with van der Waals surface area (Å²) in [4.78, 5) is 10.6. The van der Waals surface area contributed by atoms with Crippen LogP contribution in [0.2, 0.25) is 0 Å². The van der Waals surface area contributed by atoms with Crippen molar-refractivity contribution in [1.29, 1.82) is 0 Å². The average Bonchev–Trinajstić information content (AvgIpc) is 1.94. The number of hydrogen-bond acceptors (Lipinski definition) is 3. The topological polar surface area (TPSA) is 72.6 Å². The third kappa shape index (κ3) is 2.45. The van der Waals surface area contributed by atoms with Crippen LogP contribution in [0, 0.1) is 11.3 Å². The fourth-order valence-corrected chi connectivity index (χ4v) is 2.07. The molecule has 3 N–H and O–H groups in total. The summed E-state index contributed by atoms with van der Waals surface area (Å²) in [7, 11) is 0. The fourth-order valence-electron chi connectivity index (χ4n) is 2.07. The normalized spacial score (nSPS) is 21.7. The molecular weight excluding hydrogens is 182 g/mol. The molecule has 4 heteroatoms. The summed E-state index contributed by atoms with van der Waals surface area (Å²) < 4.78 is 5.17. The van der Waals surface area contributed by atoms with Gasteiger partial charge < -0.3 is 15.6 Å².